The first kappa shape index (κ1) is 16.0. The van der Waals surface area contributed by atoms with E-state index in [4.69, 9.17) is 5.73 Å². The molecule has 2 aromatic rings. The Morgan fingerprint density at radius 3 is 2.64 bits per heavy atom. The van der Waals surface area contributed by atoms with E-state index < -0.39 is 11.2 Å². The molecular weight excluding hydrogens is 322 g/mol. The van der Waals surface area contributed by atoms with E-state index in [0.717, 1.165) is 17.4 Å². The van der Waals surface area contributed by atoms with Gasteiger partial charge in [-0.25, -0.2) is 9.78 Å². The lowest BCUT2D eigenvalue weighted by atomic mass is 9.98. The van der Waals surface area contributed by atoms with Gasteiger partial charge in [0.25, 0.3) is 11.5 Å². The van der Waals surface area contributed by atoms with Gasteiger partial charge in [0, 0.05) is 33.2 Å². The molecule has 0 aromatic carbocycles. The van der Waals surface area contributed by atoms with Crippen LogP contribution in [-0.4, -0.2) is 44.1 Å². The van der Waals surface area contributed by atoms with E-state index in [2.05, 4.69) is 4.98 Å². The highest BCUT2D eigenvalue weighted by Gasteiger charge is 2.42. The molecule has 1 saturated carbocycles. The number of aromatic nitrogens is 3. The molecule has 4 rings (SSSR count). The average Bonchev–Trinajstić information content (AvgIpc) is 3.19. The fourth-order valence-corrected chi connectivity index (χ4v) is 4.21. The Labute approximate surface area is 143 Å². The second kappa shape index (κ2) is 5.52. The van der Waals surface area contributed by atoms with Crippen molar-refractivity contribution in [1.29, 1.82) is 0 Å². The summed E-state index contributed by atoms with van der Waals surface area (Å²) in [4.78, 5) is 43.2. The Morgan fingerprint density at radius 1 is 1.16 bits per heavy atom. The van der Waals surface area contributed by atoms with Crippen molar-refractivity contribution in [2.24, 2.45) is 31.7 Å². The number of nitrogens with zero attached hydrogens (tertiary/aromatic N) is 4. The predicted octanol–water partition coefficient (Wildman–Crippen LogP) is -0.558. The van der Waals surface area contributed by atoms with Gasteiger partial charge in [-0.1, -0.05) is 0 Å². The van der Waals surface area contributed by atoms with Crippen molar-refractivity contribution >= 4 is 16.9 Å². The van der Waals surface area contributed by atoms with Crippen LogP contribution in [0.2, 0.25) is 0 Å². The van der Waals surface area contributed by atoms with Crippen molar-refractivity contribution in [3.8, 4) is 0 Å². The molecule has 1 aliphatic carbocycles. The molecule has 2 aromatic heterocycles. The van der Waals surface area contributed by atoms with Gasteiger partial charge in [0.1, 0.15) is 11.3 Å². The molecule has 8 heteroatoms. The van der Waals surface area contributed by atoms with Crippen LogP contribution in [0.15, 0.2) is 21.7 Å². The minimum Gasteiger partial charge on any atom is -0.337 e. The van der Waals surface area contributed by atoms with Gasteiger partial charge in [-0.15, -0.1) is 0 Å². The zero-order chi connectivity index (χ0) is 17.9. The van der Waals surface area contributed by atoms with Crippen LogP contribution in [0.1, 0.15) is 23.3 Å². The van der Waals surface area contributed by atoms with Gasteiger partial charge in [-0.2, -0.15) is 0 Å². The standard InChI is InChI=1S/C17H21N5O3/c1-20-14-10(15(23)21(2)17(20)25)4-6-13(19-14)16(24)22-7-9-3-5-12(18)11(9)8-22/h4,6,9,11-12H,3,5,7-8,18H2,1-2H3. The summed E-state index contributed by atoms with van der Waals surface area (Å²) < 4.78 is 2.33. The van der Waals surface area contributed by atoms with Crippen molar-refractivity contribution in [3.63, 3.8) is 0 Å². The number of likely N-dealkylation sites (tertiary alicyclic amines) is 1. The number of aryl methyl sites for hydroxylation is 1. The number of pyridine rings is 1. The fourth-order valence-electron chi connectivity index (χ4n) is 4.21. The molecule has 3 heterocycles. The first-order chi connectivity index (χ1) is 11.9. The molecule has 1 saturated heterocycles. The molecule has 132 valence electrons. The number of fused-ring (bicyclic) bond motifs is 2. The maximum atomic E-state index is 12.8. The number of hydrogen-bond donors (Lipinski definition) is 1. The number of amides is 1. The third-order valence-corrected chi connectivity index (χ3v) is 5.72. The van der Waals surface area contributed by atoms with Gasteiger partial charge in [0.05, 0.1) is 5.39 Å². The highest BCUT2D eigenvalue weighted by Crippen LogP contribution is 2.37. The lowest BCUT2D eigenvalue weighted by molar-refractivity contribution is 0.0774. The van der Waals surface area contributed by atoms with Crippen molar-refractivity contribution in [2.75, 3.05) is 13.1 Å². The van der Waals surface area contributed by atoms with E-state index in [0.29, 0.717) is 30.3 Å². The molecular formula is C17H21N5O3. The quantitative estimate of drug-likeness (QED) is 0.748. The summed E-state index contributed by atoms with van der Waals surface area (Å²) in [7, 11) is 2.97. The van der Waals surface area contributed by atoms with E-state index in [1.807, 2.05) is 0 Å². The predicted molar refractivity (Wildman–Crippen MR) is 92.3 cm³/mol. The molecule has 0 bridgehead atoms. The Kier molecular flexibility index (Phi) is 3.54. The van der Waals surface area contributed by atoms with E-state index in [1.54, 1.807) is 24.1 Å². The Bertz CT molecular complexity index is 992. The molecule has 25 heavy (non-hydrogen) atoms. The summed E-state index contributed by atoms with van der Waals surface area (Å²) in [6.07, 6.45) is 2.09. The largest absolute Gasteiger partial charge is 0.337 e. The van der Waals surface area contributed by atoms with Gasteiger partial charge in [-0.05, 0) is 36.8 Å². The second-order valence-electron chi connectivity index (χ2n) is 7.15. The molecule has 2 N–H and O–H groups in total. The Balaban J connectivity index is 1.72. The summed E-state index contributed by atoms with van der Waals surface area (Å²) in [5.41, 5.74) is 5.75. The maximum Gasteiger partial charge on any atom is 0.332 e. The number of carbonyl (C=O) groups excluding carboxylic acids is 1. The first-order valence-corrected chi connectivity index (χ1v) is 8.50. The van der Waals surface area contributed by atoms with Crippen LogP contribution in [0.5, 0.6) is 0 Å². The normalized spacial score (nSPS) is 25.6. The third-order valence-electron chi connectivity index (χ3n) is 5.72. The molecule has 8 nitrogen and oxygen atoms in total. The van der Waals surface area contributed by atoms with Crippen molar-refractivity contribution in [1.82, 2.24) is 19.0 Å². The van der Waals surface area contributed by atoms with Gasteiger partial charge in [0.15, 0.2) is 0 Å². The molecule has 1 amide bonds. The van der Waals surface area contributed by atoms with Crippen LogP contribution in [0.25, 0.3) is 11.0 Å². The zero-order valence-corrected chi connectivity index (χ0v) is 14.3. The maximum absolute atomic E-state index is 12.8. The van der Waals surface area contributed by atoms with E-state index in [9.17, 15) is 14.4 Å². The molecule has 3 atom stereocenters. The Morgan fingerprint density at radius 2 is 1.92 bits per heavy atom. The lowest BCUT2D eigenvalue weighted by Gasteiger charge is -2.18. The number of hydrogen-bond acceptors (Lipinski definition) is 5. The minimum atomic E-state index is -0.462. The molecule has 2 fully saturated rings. The van der Waals surface area contributed by atoms with Gasteiger partial charge < -0.3 is 10.6 Å². The van der Waals surface area contributed by atoms with Crippen LogP contribution in [0.3, 0.4) is 0 Å². The summed E-state index contributed by atoms with van der Waals surface area (Å²) >= 11 is 0. The van der Waals surface area contributed by atoms with Gasteiger partial charge in [-0.3, -0.25) is 18.7 Å². The molecule has 0 radical (unpaired) electrons. The SMILES string of the molecule is Cn1c(=O)c2ccc(C(=O)N3CC4CCC(N)C4C3)nc2n(C)c1=O. The number of nitrogens with two attached hydrogens (primary N) is 1. The second-order valence-corrected chi connectivity index (χ2v) is 7.15. The highest BCUT2D eigenvalue weighted by atomic mass is 16.2. The average molecular weight is 343 g/mol. The fraction of sp³-hybridized carbons (Fsp3) is 0.529. The number of carbonyl (C=O) groups is 1. The van der Waals surface area contributed by atoms with Crippen molar-refractivity contribution in [2.45, 2.75) is 18.9 Å². The van der Waals surface area contributed by atoms with Crippen LogP contribution in [0, 0.1) is 11.8 Å². The minimum absolute atomic E-state index is 0.163. The molecule has 2 aliphatic rings. The molecule has 3 unspecified atom stereocenters. The lowest BCUT2D eigenvalue weighted by Crippen LogP contribution is -2.38. The summed E-state index contributed by atoms with van der Waals surface area (Å²) in [5.74, 6) is 0.661. The van der Waals surface area contributed by atoms with E-state index in [-0.39, 0.29) is 23.3 Å². The summed E-state index contributed by atoms with van der Waals surface area (Å²) in [5, 5.41) is 0.321. The zero-order valence-electron chi connectivity index (χ0n) is 14.3. The van der Waals surface area contributed by atoms with Gasteiger partial charge in [0.2, 0.25) is 0 Å². The monoisotopic (exact) mass is 343 g/mol. The van der Waals surface area contributed by atoms with Crippen LogP contribution in [-0.2, 0) is 14.1 Å². The highest BCUT2D eigenvalue weighted by molar-refractivity contribution is 5.94. The Hall–Kier alpha value is -2.48. The smallest absolute Gasteiger partial charge is 0.332 e. The van der Waals surface area contributed by atoms with Crippen LogP contribution >= 0.6 is 0 Å². The van der Waals surface area contributed by atoms with E-state index in [1.165, 1.54) is 11.6 Å². The van der Waals surface area contributed by atoms with Crippen molar-refractivity contribution in [3.05, 3.63) is 38.7 Å². The van der Waals surface area contributed by atoms with Crippen LogP contribution in [0.4, 0.5) is 0 Å². The third kappa shape index (κ3) is 2.31. The summed E-state index contributed by atoms with van der Waals surface area (Å²) in [6, 6.07) is 3.29. The number of rotatable bonds is 1. The molecule has 0 spiro atoms. The van der Waals surface area contributed by atoms with Gasteiger partial charge >= 0.3 is 5.69 Å². The first-order valence-electron chi connectivity index (χ1n) is 8.50. The molecule has 1 aliphatic heterocycles. The van der Waals surface area contributed by atoms with Crippen LogP contribution < -0.4 is 17.0 Å². The van der Waals surface area contributed by atoms with Crippen molar-refractivity contribution < 1.29 is 4.79 Å². The van der Waals surface area contributed by atoms with E-state index >= 15 is 0 Å². The topological polar surface area (TPSA) is 103 Å². The summed E-state index contributed by atoms with van der Waals surface area (Å²) in [6.45, 7) is 1.35.